The van der Waals surface area contributed by atoms with Gasteiger partial charge in [-0.2, -0.15) is 0 Å². The summed E-state index contributed by atoms with van der Waals surface area (Å²) in [6.45, 7) is 7.23. The summed E-state index contributed by atoms with van der Waals surface area (Å²) >= 11 is 12.5. The third-order valence-electron chi connectivity index (χ3n) is 6.07. The van der Waals surface area contributed by atoms with Gasteiger partial charge in [-0.15, -0.1) is 0 Å². The molecular formula is C25H30Cl2N2O5S. The molecule has 4 atom stereocenters. The molecule has 1 heterocycles. The number of carbonyl (C=O) groups excluding carboxylic acids is 2. The van der Waals surface area contributed by atoms with Crippen molar-refractivity contribution in [2.24, 2.45) is 0 Å². The number of carbonyl (C=O) groups is 2. The highest BCUT2D eigenvalue weighted by Gasteiger charge is 2.34. The Kier molecular flexibility index (Phi) is 9.58. The summed E-state index contributed by atoms with van der Waals surface area (Å²) in [5.74, 6) is -1.09. The molecule has 1 saturated heterocycles. The molecule has 0 N–H and O–H groups in total. The summed E-state index contributed by atoms with van der Waals surface area (Å²) in [5, 5.41) is 0.843. The van der Waals surface area contributed by atoms with Crippen molar-refractivity contribution in [3.63, 3.8) is 0 Å². The quantitative estimate of drug-likeness (QED) is 0.461. The van der Waals surface area contributed by atoms with Crippen molar-refractivity contribution in [3.05, 3.63) is 58.1 Å². The van der Waals surface area contributed by atoms with E-state index in [9.17, 15) is 13.8 Å². The van der Waals surface area contributed by atoms with Crippen LogP contribution in [-0.4, -0.2) is 71.7 Å². The van der Waals surface area contributed by atoms with Crippen molar-refractivity contribution >= 4 is 51.6 Å². The van der Waals surface area contributed by atoms with Crippen LogP contribution >= 0.6 is 23.2 Å². The van der Waals surface area contributed by atoms with Crippen LogP contribution in [0, 0.1) is 0 Å². The smallest absolute Gasteiger partial charge is 0.319 e. The predicted molar refractivity (Wildman–Crippen MR) is 139 cm³/mol. The summed E-state index contributed by atoms with van der Waals surface area (Å²) in [4.78, 5) is 29.7. The van der Waals surface area contributed by atoms with E-state index < -0.39 is 22.9 Å². The van der Waals surface area contributed by atoms with Gasteiger partial charge in [-0.3, -0.25) is 13.8 Å². The zero-order chi connectivity index (χ0) is 25.7. The number of hydrogen-bond acceptors (Lipinski definition) is 6. The molecule has 0 aliphatic carbocycles. The Balaban J connectivity index is 1.67. The zero-order valence-corrected chi connectivity index (χ0v) is 22.5. The molecule has 1 amide bonds. The van der Waals surface area contributed by atoms with Crippen LogP contribution in [0.25, 0.3) is 0 Å². The molecule has 1 aliphatic rings. The first-order valence-corrected chi connectivity index (χ1v) is 13.4. The van der Waals surface area contributed by atoms with Crippen molar-refractivity contribution in [1.82, 2.24) is 4.90 Å². The highest BCUT2D eigenvalue weighted by atomic mass is 35.5. The van der Waals surface area contributed by atoms with E-state index in [1.54, 1.807) is 13.0 Å². The second kappa shape index (κ2) is 12.2. The summed E-state index contributed by atoms with van der Waals surface area (Å²) in [6.07, 6.45) is -0.441. The van der Waals surface area contributed by atoms with Gasteiger partial charge in [-0.1, -0.05) is 29.3 Å². The fourth-order valence-electron chi connectivity index (χ4n) is 4.15. The Morgan fingerprint density at radius 3 is 2.51 bits per heavy atom. The zero-order valence-electron chi connectivity index (χ0n) is 20.2. The van der Waals surface area contributed by atoms with Crippen molar-refractivity contribution in [2.75, 3.05) is 37.5 Å². The molecule has 35 heavy (non-hydrogen) atoms. The van der Waals surface area contributed by atoms with E-state index in [4.69, 9.17) is 32.7 Å². The second-order valence-electron chi connectivity index (χ2n) is 8.54. The standard InChI is InChI=1S/C25H30Cl2N2O5S/c1-16(14-33-4)34-24(30)15-35(32)23-9-8-19(12-22(23)27)25(31)29-11-10-28(17(2)18(29)3)21-7-5-6-20(26)13-21/h5-9,12-13,16-18H,10-11,14-15H2,1-4H3/t16?,17-,18-,35?/m0/s1. The topological polar surface area (TPSA) is 76.1 Å². The number of anilines is 1. The molecule has 7 nitrogen and oxygen atoms in total. The van der Waals surface area contributed by atoms with Gasteiger partial charge in [-0.05, 0) is 57.2 Å². The highest BCUT2D eigenvalue weighted by Crippen LogP contribution is 2.28. The summed E-state index contributed by atoms with van der Waals surface area (Å²) in [6, 6.07) is 12.3. The lowest BCUT2D eigenvalue weighted by molar-refractivity contribution is -0.147. The lowest BCUT2D eigenvalue weighted by atomic mass is 10.0. The SMILES string of the molecule is COCC(C)OC(=O)CS(=O)c1ccc(C(=O)N2CCN(c3cccc(Cl)c3)[C@@H](C)[C@@H]2C)cc1Cl. The average Bonchev–Trinajstić information content (AvgIpc) is 2.80. The van der Waals surface area contributed by atoms with Gasteiger partial charge in [0, 0.05) is 48.6 Å². The number of methoxy groups -OCH3 is 1. The predicted octanol–water partition coefficient (Wildman–Crippen LogP) is 4.42. The number of esters is 1. The Hall–Kier alpha value is -2.13. The molecule has 0 radical (unpaired) electrons. The van der Waals surface area contributed by atoms with Crippen molar-refractivity contribution in [1.29, 1.82) is 0 Å². The molecule has 2 aromatic carbocycles. The number of rotatable bonds is 8. The van der Waals surface area contributed by atoms with Gasteiger partial charge in [-0.25, -0.2) is 0 Å². The van der Waals surface area contributed by atoms with Crippen LogP contribution < -0.4 is 4.90 Å². The minimum atomic E-state index is -1.70. The third kappa shape index (κ3) is 6.76. The van der Waals surface area contributed by atoms with Crippen LogP contribution in [0.3, 0.4) is 0 Å². The number of amides is 1. The van der Waals surface area contributed by atoms with Gasteiger partial charge in [0.1, 0.15) is 11.9 Å². The van der Waals surface area contributed by atoms with Crippen molar-refractivity contribution in [3.8, 4) is 0 Å². The molecule has 10 heteroatoms. The molecule has 1 aliphatic heterocycles. The van der Waals surface area contributed by atoms with E-state index in [1.807, 2.05) is 36.1 Å². The Labute approximate surface area is 218 Å². The van der Waals surface area contributed by atoms with Crippen LogP contribution in [-0.2, 0) is 25.1 Å². The molecular weight excluding hydrogens is 511 g/mol. The molecule has 0 spiro atoms. The fourth-order valence-corrected chi connectivity index (χ4v) is 5.70. The Morgan fingerprint density at radius 1 is 1.11 bits per heavy atom. The van der Waals surface area contributed by atoms with E-state index in [1.165, 1.54) is 19.2 Å². The normalized spacial score (nSPS) is 19.8. The number of piperazine rings is 1. The van der Waals surface area contributed by atoms with E-state index in [0.29, 0.717) is 23.7 Å². The number of ether oxygens (including phenoxy) is 2. The monoisotopic (exact) mass is 540 g/mol. The maximum atomic E-state index is 13.3. The number of halogens is 2. The Bertz CT molecular complexity index is 1100. The molecule has 3 rings (SSSR count). The minimum absolute atomic E-state index is 0.0633. The van der Waals surface area contributed by atoms with E-state index >= 15 is 0 Å². The maximum Gasteiger partial charge on any atom is 0.319 e. The fraction of sp³-hybridized carbons (Fsp3) is 0.440. The lowest BCUT2D eigenvalue weighted by Crippen LogP contribution is -2.59. The number of nitrogens with zero attached hydrogens (tertiary/aromatic N) is 2. The number of hydrogen-bond donors (Lipinski definition) is 0. The Morgan fingerprint density at radius 2 is 1.86 bits per heavy atom. The van der Waals surface area contributed by atoms with Gasteiger partial charge in [0.2, 0.25) is 0 Å². The first kappa shape index (κ1) is 27.5. The molecule has 2 unspecified atom stereocenters. The maximum absolute atomic E-state index is 13.3. The molecule has 190 valence electrons. The average molecular weight is 541 g/mol. The minimum Gasteiger partial charge on any atom is -0.460 e. The molecule has 0 aromatic heterocycles. The van der Waals surface area contributed by atoms with E-state index in [2.05, 4.69) is 11.8 Å². The first-order chi connectivity index (χ1) is 16.6. The van der Waals surface area contributed by atoms with E-state index in [0.717, 1.165) is 5.69 Å². The van der Waals surface area contributed by atoms with Crippen molar-refractivity contribution in [2.45, 2.75) is 43.9 Å². The van der Waals surface area contributed by atoms with Gasteiger partial charge in [0.25, 0.3) is 5.91 Å². The van der Waals surface area contributed by atoms with Crippen LogP contribution in [0.4, 0.5) is 5.69 Å². The van der Waals surface area contributed by atoms with Crippen LogP contribution in [0.2, 0.25) is 10.0 Å². The molecule has 1 fully saturated rings. The summed E-state index contributed by atoms with van der Waals surface area (Å²) < 4.78 is 22.8. The highest BCUT2D eigenvalue weighted by molar-refractivity contribution is 7.85. The van der Waals surface area contributed by atoms with Gasteiger partial charge in [0.05, 0.1) is 27.3 Å². The molecule has 0 saturated carbocycles. The summed E-state index contributed by atoms with van der Waals surface area (Å²) in [5.41, 5.74) is 1.43. The van der Waals surface area contributed by atoms with E-state index in [-0.39, 0.29) is 40.3 Å². The van der Waals surface area contributed by atoms with Crippen LogP contribution in [0.5, 0.6) is 0 Å². The van der Waals surface area contributed by atoms with Gasteiger partial charge < -0.3 is 19.3 Å². The second-order valence-corrected chi connectivity index (χ2v) is 10.8. The molecule has 0 bridgehead atoms. The largest absolute Gasteiger partial charge is 0.460 e. The van der Waals surface area contributed by atoms with Crippen molar-refractivity contribution < 1.29 is 23.3 Å². The lowest BCUT2D eigenvalue weighted by Gasteiger charge is -2.46. The van der Waals surface area contributed by atoms with Crippen LogP contribution in [0.15, 0.2) is 47.4 Å². The third-order valence-corrected chi connectivity index (χ3v) is 8.08. The van der Waals surface area contributed by atoms with Crippen LogP contribution in [0.1, 0.15) is 31.1 Å². The van der Waals surface area contributed by atoms with Gasteiger partial charge in [0.15, 0.2) is 0 Å². The molecule has 2 aromatic rings. The first-order valence-electron chi connectivity index (χ1n) is 11.3. The number of benzene rings is 2. The van der Waals surface area contributed by atoms with Gasteiger partial charge >= 0.3 is 5.97 Å². The summed E-state index contributed by atoms with van der Waals surface area (Å²) in [7, 11) is -0.196.